The van der Waals surface area contributed by atoms with Crippen LogP contribution in [0.5, 0.6) is 5.75 Å². The van der Waals surface area contributed by atoms with Crippen molar-refractivity contribution >= 4 is 27.3 Å². The summed E-state index contributed by atoms with van der Waals surface area (Å²) in [7, 11) is -3.67. The summed E-state index contributed by atoms with van der Waals surface area (Å²) < 4.78 is 32.2. The third kappa shape index (κ3) is 6.03. The highest BCUT2D eigenvalue weighted by Gasteiger charge is 2.22. The van der Waals surface area contributed by atoms with Gasteiger partial charge in [-0.25, -0.2) is 13.1 Å². The zero-order valence-electron chi connectivity index (χ0n) is 15.6. The highest BCUT2D eigenvalue weighted by molar-refractivity contribution is 7.89. The number of nitrogens with zero attached hydrogens (tertiary/aromatic N) is 1. The summed E-state index contributed by atoms with van der Waals surface area (Å²) in [4.78, 5) is 22.4. The molecule has 2 aromatic rings. The monoisotopic (exact) mass is 407 g/mol. The lowest BCUT2D eigenvalue weighted by atomic mass is 10.1. The van der Waals surface area contributed by atoms with E-state index >= 15 is 0 Å². The van der Waals surface area contributed by atoms with Crippen LogP contribution in [-0.2, 0) is 14.8 Å². The fourth-order valence-corrected chi connectivity index (χ4v) is 3.67. The molecule has 0 saturated carbocycles. The standard InChI is InChI=1S/C18H21N3O6S/c1-18(2,3)20-28(25,26)14-10-8-13(9-11-14)19-17(22)12-27-16-7-5-4-6-15(16)21(23)24/h4-11,20H,12H2,1-3H3,(H,19,22). The molecule has 0 aromatic heterocycles. The second-order valence-electron chi connectivity index (χ2n) is 6.94. The number of hydrogen-bond acceptors (Lipinski definition) is 6. The van der Waals surface area contributed by atoms with Crippen molar-refractivity contribution in [2.45, 2.75) is 31.2 Å². The molecule has 0 saturated heterocycles. The molecular formula is C18H21N3O6S. The molecule has 0 radical (unpaired) electrons. The van der Waals surface area contributed by atoms with E-state index in [4.69, 9.17) is 4.74 Å². The van der Waals surface area contributed by atoms with Crippen molar-refractivity contribution in [3.05, 3.63) is 58.6 Å². The van der Waals surface area contributed by atoms with Crippen LogP contribution in [0.1, 0.15) is 20.8 Å². The Morgan fingerprint density at radius 2 is 1.71 bits per heavy atom. The number of carbonyl (C=O) groups is 1. The Balaban J connectivity index is 1.99. The number of nitrogens with one attached hydrogen (secondary N) is 2. The first-order valence-electron chi connectivity index (χ1n) is 8.28. The predicted molar refractivity (Wildman–Crippen MR) is 104 cm³/mol. The average molecular weight is 407 g/mol. The van der Waals surface area contributed by atoms with Crippen molar-refractivity contribution in [3.63, 3.8) is 0 Å². The van der Waals surface area contributed by atoms with Crippen molar-refractivity contribution in [2.75, 3.05) is 11.9 Å². The van der Waals surface area contributed by atoms with Gasteiger partial charge in [-0.1, -0.05) is 12.1 Å². The van der Waals surface area contributed by atoms with E-state index in [1.807, 2.05) is 0 Å². The largest absolute Gasteiger partial charge is 0.477 e. The topological polar surface area (TPSA) is 128 Å². The van der Waals surface area contributed by atoms with Gasteiger partial charge in [0, 0.05) is 17.3 Å². The summed E-state index contributed by atoms with van der Waals surface area (Å²) >= 11 is 0. The average Bonchev–Trinajstić information content (AvgIpc) is 2.58. The minimum Gasteiger partial charge on any atom is -0.477 e. The highest BCUT2D eigenvalue weighted by Crippen LogP contribution is 2.25. The van der Waals surface area contributed by atoms with E-state index in [0.29, 0.717) is 5.69 Å². The number of nitro groups is 1. The molecule has 0 aliphatic heterocycles. The predicted octanol–water partition coefficient (Wildman–Crippen LogP) is 2.69. The van der Waals surface area contributed by atoms with Gasteiger partial charge < -0.3 is 10.1 Å². The third-order valence-electron chi connectivity index (χ3n) is 3.31. The van der Waals surface area contributed by atoms with Gasteiger partial charge in [-0.05, 0) is 51.1 Å². The Bertz CT molecular complexity index is 966. The summed E-state index contributed by atoms with van der Waals surface area (Å²) in [6.07, 6.45) is 0. The van der Waals surface area contributed by atoms with E-state index in [1.165, 1.54) is 42.5 Å². The number of anilines is 1. The van der Waals surface area contributed by atoms with Crippen LogP contribution in [-0.4, -0.2) is 31.4 Å². The van der Waals surface area contributed by atoms with E-state index in [-0.39, 0.29) is 16.3 Å². The van der Waals surface area contributed by atoms with Crippen molar-refractivity contribution in [1.29, 1.82) is 0 Å². The molecule has 150 valence electrons. The summed E-state index contributed by atoms with van der Waals surface area (Å²) in [5.74, 6) is -0.557. The maximum Gasteiger partial charge on any atom is 0.310 e. The van der Waals surface area contributed by atoms with Crippen molar-refractivity contribution in [3.8, 4) is 5.75 Å². The maximum atomic E-state index is 12.3. The zero-order chi connectivity index (χ0) is 20.9. The summed E-state index contributed by atoms with van der Waals surface area (Å²) in [6.45, 7) is 4.76. The van der Waals surface area contributed by atoms with Crippen molar-refractivity contribution in [1.82, 2.24) is 4.72 Å². The zero-order valence-corrected chi connectivity index (χ0v) is 16.4. The minimum absolute atomic E-state index is 0.0163. The fraction of sp³-hybridized carbons (Fsp3) is 0.278. The van der Waals surface area contributed by atoms with Gasteiger partial charge in [-0.3, -0.25) is 14.9 Å². The van der Waals surface area contributed by atoms with Crippen molar-refractivity contribution in [2.24, 2.45) is 0 Å². The first kappa shape index (κ1) is 21.3. The quantitative estimate of drug-likeness (QED) is 0.536. The van der Waals surface area contributed by atoms with Gasteiger partial charge in [0.2, 0.25) is 10.0 Å². The summed E-state index contributed by atoms with van der Waals surface area (Å²) in [5, 5.41) is 13.5. The minimum atomic E-state index is -3.67. The molecule has 0 heterocycles. The van der Waals surface area contributed by atoms with Crippen LogP contribution in [0.15, 0.2) is 53.4 Å². The second-order valence-corrected chi connectivity index (χ2v) is 8.62. The van der Waals surface area contributed by atoms with E-state index in [0.717, 1.165) is 0 Å². The molecule has 0 fully saturated rings. The Labute approximate surface area is 162 Å². The van der Waals surface area contributed by atoms with Gasteiger partial charge in [0.15, 0.2) is 12.4 Å². The number of benzene rings is 2. The summed E-state index contributed by atoms with van der Waals surface area (Å²) in [6, 6.07) is 11.4. The molecule has 0 aliphatic rings. The Kier molecular flexibility index (Phi) is 6.37. The fourth-order valence-electron chi connectivity index (χ4n) is 2.25. The van der Waals surface area contributed by atoms with Crippen LogP contribution < -0.4 is 14.8 Å². The first-order chi connectivity index (χ1) is 13.0. The van der Waals surface area contributed by atoms with E-state index in [9.17, 15) is 23.3 Å². The maximum absolute atomic E-state index is 12.3. The number of hydrogen-bond donors (Lipinski definition) is 2. The molecule has 9 nitrogen and oxygen atoms in total. The van der Waals surface area contributed by atoms with Gasteiger partial charge >= 0.3 is 5.69 Å². The highest BCUT2D eigenvalue weighted by atomic mass is 32.2. The SMILES string of the molecule is CC(C)(C)NS(=O)(=O)c1ccc(NC(=O)COc2ccccc2[N+](=O)[O-])cc1. The molecule has 0 aliphatic carbocycles. The lowest BCUT2D eigenvalue weighted by Crippen LogP contribution is -2.40. The molecule has 28 heavy (non-hydrogen) atoms. The molecule has 1 amide bonds. The molecule has 10 heteroatoms. The molecule has 2 N–H and O–H groups in total. The molecule has 2 rings (SSSR count). The summed E-state index contributed by atoms with van der Waals surface area (Å²) in [5.41, 5.74) is -0.495. The van der Waals surface area contributed by atoms with Gasteiger partial charge in [0.05, 0.1) is 9.82 Å². The van der Waals surface area contributed by atoms with Crippen LogP contribution in [0.3, 0.4) is 0 Å². The number of para-hydroxylation sites is 2. The lowest BCUT2D eigenvalue weighted by molar-refractivity contribution is -0.385. The van der Waals surface area contributed by atoms with Crippen LogP contribution in [0.4, 0.5) is 11.4 Å². The second kappa shape index (κ2) is 8.36. The molecular weight excluding hydrogens is 386 g/mol. The Morgan fingerprint density at radius 3 is 2.29 bits per heavy atom. The van der Waals surface area contributed by atoms with Gasteiger partial charge in [0.1, 0.15) is 0 Å². The lowest BCUT2D eigenvalue weighted by Gasteiger charge is -2.20. The molecule has 0 unspecified atom stereocenters. The Morgan fingerprint density at radius 1 is 1.11 bits per heavy atom. The van der Waals surface area contributed by atoms with E-state index < -0.39 is 33.0 Å². The number of nitro benzene ring substituents is 1. The molecule has 0 spiro atoms. The number of amides is 1. The number of carbonyl (C=O) groups excluding carboxylic acids is 1. The van der Waals surface area contributed by atoms with Crippen LogP contribution in [0.2, 0.25) is 0 Å². The number of sulfonamides is 1. The Hall–Kier alpha value is -2.98. The van der Waals surface area contributed by atoms with Crippen LogP contribution in [0, 0.1) is 10.1 Å². The molecule has 0 bridgehead atoms. The molecule has 2 aromatic carbocycles. The third-order valence-corrected chi connectivity index (χ3v) is 5.08. The van der Waals surface area contributed by atoms with Crippen LogP contribution >= 0.6 is 0 Å². The van der Waals surface area contributed by atoms with Gasteiger partial charge in [-0.15, -0.1) is 0 Å². The van der Waals surface area contributed by atoms with E-state index in [2.05, 4.69) is 10.0 Å². The normalized spacial score (nSPS) is 11.7. The number of ether oxygens (including phenoxy) is 1. The number of rotatable bonds is 7. The first-order valence-corrected chi connectivity index (χ1v) is 9.76. The molecule has 0 atom stereocenters. The van der Waals surface area contributed by atoms with Gasteiger partial charge in [0.25, 0.3) is 5.91 Å². The van der Waals surface area contributed by atoms with Gasteiger partial charge in [-0.2, -0.15) is 0 Å². The van der Waals surface area contributed by atoms with E-state index in [1.54, 1.807) is 26.8 Å². The van der Waals surface area contributed by atoms with Crippen LogP contribution in [0.25, 0.3) is 0 Å². The van der Waals surface area contributed by atoms with Crippen molar-refractivity contribution < 1.29 is 22.9 Å². The smallest absolute Gasteiger partial charge is 0.310 e.